The molecule has 29 heavy (non-hydrogen) atoms. The Morgan fingerprint density at radius 3 is 2.52 bits per heavy atom. The molecule has 0 unspecified atom stereocenters. The number of amides is 1. The third kappa shape index (κ3) is 4.39. The molecular formula is C22H25N5O2. The number of aromatic nitrogens is 2. The van der Waals surface area contributed by atoms with E-state index in [1.54, 1.807) is 12.1 Å². The van der Waals surface area contributed by atoms with Crippen molar-refractivity contribution in [1.82, 2.24) is 14.9 Å². The van der Waals surface area contributed by atoms with Crippen molar-refractivity contribution < 1.29 is 9.21 Å². The van der Waals surface area contributed by atoms with Crippen molar-refractivity contribution >= 4 is 23.4 Å². The highest BCUT2D eigenvalue weighted by molar-refractivity contribution is 5.91. The molecule has 0 radical (unpaired) electrons. The highest BCUT2D eigenvalue weighted by atomic mass is 16.3. The first-order valence-electron chi connectivity index (χ1n) is 9.92. The van der Waals surface area contributed by atoms with E-state index in [0.717, 1.165) is 23.6 Å². The SMILES string of the molecule is CCc1ccc(Nc2nc(C)cc(N3CCN(C(=O)c4ccco4)CC3)n2)cc1. The third-order valence-electron chi connectivity index (χ3n) is 5.08. The molecule has 1 saturated heterocycles. The van der Waals surface area contributed by atoms with Gasteiger partial charge in [-0.1, -0.05) is 19.1 Å². The molecule has 4 rings (SSSR count). The monoisotopic (exact) mass is 391 g/mol. The minimum Gasteiger partial charge on any atom is -0.459 e. The highest BCUT2D eigenvalue weighted by Gasteiger charge is 2.24. The molecule has 0 atom stereocenters. The van der Waals surface area contributed by atoms with Crippen LogP contribution in [0.3, 0.4) is 0 Å². The van der Waals surface area contributed by atoms with Gasteiger partial charge in [0.05, 0.1) is 6.26 Å². The number of nitrogens with zero attached hydrogens (tertiary/aromatic N) is 4. The van der Waals surface area contributed by atoms with Gasteiger partial charge in [-0.2, -0.15) is 4.98 Å². The average molecular weight is 391 g/mol. The van der Waals surface area contributed by atoms with Crippen LogP contribution in [0.2, 0.25) is 0 Å². The van der Waals surface area contributed by atoms with Crippen LogP contribution in [0.4, 0.5) is 17.5 Å². The van der Waals surface area contributed by atoms with Crippen molar-refractivity contribution in [3.8, 4) is 0 Å². The molecule has 0 spiro atoms. The predicted octanol–water partition coefficient (Wildman–Crippen LogP) is 3.65. The molecule has 1 aliphatic rings. The average Bonchev–Trinajstić information content (AvgIpc) is 3.28. The zero-order chi connectivity index (χ0) is 20.2. The fraction of sp³-hybridized carbons (Fsp3) is 0.318. The van der Waals surface area contributed by atoms with Gasteiger partial charge in [0.15, 0.2) is 5.76 Å². The first kappa shape index (κ1) is 19.0. The lowest BCUT2D eigenvalue weighted by Crippen LogP contribution is -2.49. The summed E-state index contributed by atoms with van der Waals surface area (Å²) >= 11 is 0. The number of carbonyl (C=O) groups is 1. The van der Waals surface area contributed by atoms with Crippen LogP contribution < -0.4 is 10.2 Å². The van der Waals surface area contributed by atoms with Crippen molar-refractivity contribution in [2.24, 2.45) is 0 Å². The Morgan fingerprint density at radius 2 is 1.86 bits per heavy atom. The Hall–Kier alpha value is -3.35. The number of nitrogens with one attached hydrogen (secondary N) is 1. The van der Waals surface area contributed by atoms with Crippen molar-refractivity contribution in [3.05, 3.63) is 65.7 Å². The van der Waals surface area contributed by atoms with E-state index < -0.39 is 0 Å². The first-order chi connectivity index (χ1) is 14.1. The summed E-state index contributed by atoms with van der Waals surface area (Å²) in [5.41, 5.74) is 3.16. The molecule has 0 saturated carbocycles. The van der Waals surface area contributed by atoms with Gasteiger partial charge < -0.3 is 19.5 Å². The van der Waals surface area contributed by atoms with Crippen LogP contribution in [-0.2, 0) is 6.42 Å². The molecular weight excluding hydrogens is 366 g/mol. The fourth-order valence-corrected chi connectivity index (χ4v) is 3.42. The summed E-state index contributed by atoms with van der Waals surface area (Å²) in [4.78, 5) is 25.7. The molecule has 7 nitrogen and oxygen atoms in total. The smallest absolute Gasteiger partial charge is 0.289 e. The topological polar surface area (TPSA) is 74.5 Å². The molecule has 1 fully saturated rings. The maximum atomic E-state index is 12.4. The van der Waals surface area contributed by atoms with Gasteiger partial charge in [-0.3, -0.25) is 4.79 Å². The van der Waals surface area contributed by atoms with Crippen molar-refractivity contribution in [2.75, 3.05) is 36.4 Å². The van der Waals surface area contributed by atoms with E-state index in [1.807, 2.05) is 30.0 Å². The maximum Gasteiger partial charge on any atom is 0.289 e. The lowest BCUT2D eigenvalue weighted by molar-refractivity contribution is 0.0714. The van der Waals surface area contributed by atoms with Crippen LogP contribution >= 0.6 is 0 Å². The Labute approximate surface area is 170 Å². The minimum absolute atomic E-state index is 0.0635. The van der Waals surface area contributed by atoms with Gasteiger partial charge >= 0.3 is 0 Å². The van der Waals surface area contributed by atoms with E-state index in [4.69, 9.17) is 9.40 Å². The molecule has 1 aliphatic heterocycles. The van der Waals surface area contributed by atoms with Gasteiger partial charge in [0.1, 0.15) is 5.82 Å². The van der Waals surface area contributed by atoms with E-state index in [1.165, 1.54) is 11.8 Å². The molecule has 150 valence electrons. The van der Waals surface area contributed by atoms with Crippen molar-refractivity contribution in [1.29, 1.82) is 0 Å². The Bertz CT molecular complexity index is 961. The normalized spacial score (nSPS) is 14.1. The molecule has 2 aromatic heterocycles. The first-order valence-corrected chi connectivity index (χ1v) is 9.92. The zero-order valence-electron chi connectivity index (χ0n) is 16.8. The second kappa shape index (κ2) is 8.34. The summed E-state index contributed by atoms with van der Waals surface area (Å²) in [5.74, 6) is 1.77. The standard InChI is InChI=1S/C22H25N5O2/c1-3-17-6-8-18(9-7-17)24-22-23-16(2)15-20(25-22)26-10-12-27(13-11-26)21(28)19-5-4-14-29-19/h4-9,14-15H,3,10-13H2,1-2H3,(H,23,24,25). The number of hydrogen-bond acceptors (Lipinski definition) is 6. The number of anilines is 3. The van der Waals surface area contributed by atoms with E-state index in [2.05, 4.69) is 34.3 Å². The van der Waals surface area contributed by atoms with Crippen LogP contribution in [0.25, 0.3) is 0 Å². The quantitative estimate of drug-likeness (QED) is 0.716. The summed E-state index contributed by atoms with van der Waals surface area (Å²) in [6.07, 6.45) is 2.54. The second-order valence-electron chi connectivity index (χ2n) is 7.12. The van der Waals surface area contributed by atoms with Crippen molar-refractivity contribution in [2.45, 2.75) is 20.3 Å². The molecule has 0 bridgehead atoms. The summed E-state index contributed by atoms with van der Waals surface area (Å²) in [6.45, 7) is 6.79. The predicted molar refractivity (Wildman–Crippen MR) is 113 cm³/mol. The van der Waals surface area contributed by atoms with Gasteiger partial charge in [0.25, 0.3) is 5.91 Å². The third-order valence-corrected chi connectivity index (χ3v) is 5.08. The fourth-order valence-electron chi connectivity index (χ4n) is 3.42. The summed E-state index contributed by atoms with van der Waals surface area (Å²) < 4.78 is 5.23. The number of furan rings is 1. The molecule has 3 heterocycles. The number of piperazine rings is 1. The Kier molecular flexibility index (Phi) is 5.46. The highest BCUT2D eigenvalue weighted by Crippen LogP contribution is 2.20. The number of carbonyl (C=O) groups excluding carboxylic acids is 1. The molecule has 1 aromatic carbocycles. The number of benzene rings is 1. The van der Waals surface area contributed by atoms with Crippen LogP contribution in [0.1, 0.15) is 28.7 Å². The van der Waals surface area contributed by atoms with Gasteiger partial charge in [0, 0.05) is 43.6 Å². The van der Waals surface area contributed by atoms with E-state index in [0.29, 0.717) is 37.9 Å². The molecule has 1 N–H and O–H groups in total. The number of rotatable bonds is 5. The van der Waals surface area contributed by atoms with Gasteiger partial charge in [-0.15, -0.1) is 0 Å². The van der Waals surface area contributed by atoms with Gasteiger partial charge in [-0.25, -0.2) is 4.98 Å². The molecule has 0 aliphatic carbocycles. The summed E-state index contributed by atoms with van der Waals surface area (Å²) in [7, 11) is 0. The maximum absolute atomic E-state index is 12.4. The van der Waals surface area contributed by atoms with Crippen LogP contribution in [0.15, 0.2) is 53.1 Å². The lowest BCUT2D eigenvalue weighted by Gasteiger charge is -2.35. The summed E-state index contributed by atoms with van der Waals surface area (Å²) in [5, 5.41) is 3.30. The lowest BCUT2D eigenvalue weighted by atomic mass is 10.1. The summed E-state index contributed by atoms with van der Waals surface area (Å²) in [6, 6.07) is 13.7. The number of hydrogen-bond donors (Lipinski definition) is 1. The molecule has 7 heteroatoms. The van der Waals surface area contributed by atoms with Gasteiger partial charge in [0.2, 0.25) is 5.95 Å². The van der Waals surface area contributed by atoms with Crippen molar-refractivity contribution in [3.63, 3.8) is 0 Å². The van der Waals surface area contributed by atoms with Gasteiger partial charge in [-0.05, 0) is 43.2 Å². The second-order valence-corrected chi connectivity index (χ2v) is 7.12. The Morgan fingerprint density at radius 1 is 1.10 bits per heavy atom. The van der Waals surface area contributed by atoms with Crippen LogP contribution in [0.5, 0.6) is 0 Å². The van der Waals surface area contributed by atoms with Crippen LogP contribution in [-0.4, -0.2) is 47.0 Å². The number of aryl methyl sites for hydroxylation is 2. The molecule has 3 aromatic rings. The van der Waals surface area contributed by atoms with E-state index in [-0.39, 0.29) is 5.91 Å². The minimum atomic E-state index is -0.0635. The van der Waals surface area contributed by atoms with E-state index >= 15 is 0 Å². The van der Waals surface area contributed by atoms with Crippen LogP contribution in [0, 0.1) is 6.92 Å². The molecule has 1 amide bonds. The Balaban J connectivity index is 1.43. The zero-order valence-corrected chi connectivity index (χ0v) is 16.8. The van der Waals surface area contributed by atoms with E-state index in [9.17, 15) is 4.79 Å². The largest absolute Gasteiger partial charge is 0.459 e.